The number of rotatable bonds is 5. The number of alkyl halides is 3. The van der Waals surface area contributed by atoms with Gasteiger partial charge in [-0.05, 0) is 42.5 Å². The Balaban J connectivity index is 1.86. The summed E-state index contributed by atoms with van der Waals surface area (Å²) in [6, 6.07) is 8.74. The fourth-order valence-electron chi connectivity index (χ4n) is 2.51. The number of hydrogen-bond donors (Lipinski definition) is 1. The van der Waals surface area contributed by atoms with Crippen LogP contribution in [-0.4, -0.2) is 26.8 Å². The van der Waals surface area contributed by atoms with Crippen LogP contribution in [0.1, 0.15) is 11.1 Å². The molecule has 0 bridgehead atoms. The van der Waals surface area contributed by atoms with Gasteiger partial charge in [-0.2, -0.15) is 23.4 Å². The summed E-state index contributed by atoms with van der Waals surface area (Å²) >= 11 is 6.27. The average molecular weight is 449 g/mol. The summed E-state index contributed by atoms with van der Waals surface area (Å²) in [5.74, 6) is -0.401. The molecule has 1 heterocycles. The van der Waals surface area contributed by atoms with Crippen LogP contribution in [0.15, 0.2) is 70.3 Å². The van der Waals surface area contributed by atoms with Gasteiger partial charge in [0, 0.05) is 12.1 Å². The summed E-state index contributed by atoms with van der Waals surface area (Å²) in [6.45, 7) is 3.86. The molecule has 2 aromatic carbocycles. The molecule has 30 heavy (non-hydrogen) atoms. The number of nitrogens with zero attached hydrogens (tertiary/aromatic N) is 3. The topological polar surface area (TPSA) is 65.3 Å². The minimum absolute atomic E-state index is 0.0322. The number of thiocarbonyl (C=S) groups is 1. The van der Waals surface area contributed by atoms with Crippen LogP contribution < -0.4 is 0 Å². The first-order valence-electron chi connectivity index (χ1n) is 8.47. The summed E-state index contributed by atoms with van der Waals surface area (Å²) in [5, 5.41) is 17.9. The van der Waals surface area contributed by atoms with E-state index in [1.165, 1.54) is 41.3 Å². The number of phenolic OH excluding ortho intramolecular Hbond substituents is 1. The fourth-order valence-corrected chi connectivity index (χ4v) is 3.77. The van der Waals surface area contributed by atoms with Gasteiger partial charge in [0.05, 0.1) is 21.8 Å². The van der Waals surface area contributed by atoms with Gasteiger partial charge in [0.2, 0.25) is 0 Å². The van der Waals surface area contributed by atoms with Crippen molar-refractivity contribution in [3.63, 3.8) is 0 Å². The van der Waals surface area contributed by atoms with E-state index in [1.54, 1.807) is 6.08 Å². The number of carbonyl (C=O) groups excluding carboxylic acids is 1. The van der Waals surface area contributed by atoms with Crippen molar-refractivity contribution in [3.05, 3.63) is 71.2 Å². The quantitative estimate of drug-likeness (QED) is 0.255. The van der Waals surface area contributed by atoms with Crippen molar-refractivity contribution in [2.45, 2.75) is 6.18 Å². The van der Waals surface area contributed by atoms with Crippen molar-refractivity contribution >= 4 is 51.7 Å². The highest BCUT2D eigenvalue weighted by Gasteiger charge is 2.31. The van der Waals surface area contributed by atoms with Crippen molar-refractivity contribution in [3.8, 4) is 5.75 Å². The minimum atomic E-state index is -4.48. The van der Waals surface area contributed by atoms with E-state index in [9.17, 15) is 23.1 Å². The third-order valence-electron chi connectivity index (χ3n) is 3.94. The van der Waals surface area contributed by atoms with E-state index in [1.807, 2.05) is 0 Å². The lowest BCUT2D eigenvalue weighted by molar-refractivity contribution is -0.137. The second kappa shape index (κ2) is 8.80. The van der Waals surface area contributed by atoms with Crippen LogP contribution in [0.5, 0.6) is 5.75 Å². The summed E-state index contributed by atoms with van der Waals surface area (Å²) in [4.78, 5) is 14.1. The number of phenols is 1. The number of hydrogen-bond acceptors (Lipinski definition) is 6. The zero-order valence-corrected chi connectivity index (χ0v) is 16.9. The maximum atomic E-state index is 12.8. The zero-order chi connectivity index (χ0) is 21.9. The molecule has 1 saturated heterocycles. The van der Waals surface area contributed by atoms with Crippen LogP contribution in [0.4, 0.5) is 24.5 Å². The molecule has 10 heteroatoms. The van der Waals surface area contributed by atoms with E-state index < -0.39 is 11.7 Å². The average Bonchev–Trinajstić information content (AvgIpc) is 2.96. The molecule has 0 atom stereocenters. The standard InChI is InChI=1S/C20H14F3N3O2S2/c1-2-8-26-18(28)17(30-19(26)29)10-12-9-15(6-7-16(12)27)25-24-14-5-3-4-13(11-14)20(21,22)23/h2-7,9-11,27H,1,8H2/b17-10-,25-24?. The Morgan fingerprint density at radius 1 is 1.17 bits per heavy atom. The van der Waals surface area contributed by atoms with Gasteiger partial charge in [-0.3, -0.25) is 9.69 Å². The fraction of sp³-hybridized carbons (Fsp3) is 0.100. The van der Waals surface area contributed by atoms with Gasteiger partial charge in [0.25, 0.3) is 5.91 Å². The minimum Gasteiger partial charge on any atom is -0.507 e. The summed E-state index contributed by atoms with van der Waals surface area (Å²) in [6.07, 6.45) is -1.45. The number of amides is 1. The van der Waals surface area contributed by atoms with Crippen LogP contribution in [0.2, 0.25) is 0 Å². The highest BCUT2D eigenvalue weighted by Crippen LogP contribution is 2.35. The molecule has 3 rings (SSSR count). The Bertz CT molecular complexity index is 1080. The van der Waals surface area contributed by atoms with Crippen LogP contribution in [0.25, 0.3) is 6.08 Å². The lowest BCUT2D eigenvalue weighted by Gasteiger charge is -2.10. The van der Waals surface area contributed by atoms with Gasteiger partial charge in [-0.15, -0.1) is 6.58 Å². The first kappa shape index (κ1) is 21.7. The number of carbonyl (C=O) groups is 1. The molecule has 1 amide bonds. The van der Waals surface area contributed by atoms with E-state index in [0.29, 0.717) is 14.8 Å². The highest BCUT2D eigenvalue weighted by molar-refractivity contribution is 8.26. The first-order valence-corrected chi connectivity index (χ1v) is 9.70. The molecule has 1 N–H and O–H groups in total. The monoisotopic (exact) mass is 449 g/mol. The van der Waals surface area contributed by atoms with Gasteiger partial charge >= 0.3 is 6.18 Å². The molecule has 0 radical (unpaired) electrons. The van der Waals surface area contributed by atoms with Crippen LogP contribution in [0, 0.1) is 0 Å². The number of thioether (sulfide) groups is 1. The molecule has 2 aromatic rings. The number of azo groups is 1. The van der Waals surface area contributed by atoms with Gasteiger partial charge < -0.3 is 5.11 Å². The summed E-state index contributed by atoms with van der Waals surface area (Å²) in [7, 11) is 0. The van der Waals surface area contributed by atoms with Crippen molar-refractivity contribution in [1.29, 1.82) is 0 Å². The second-order valence-electron chi connectivity index (χ2n) is 6.07. The molecule has 1 fully saturated rings. The summed E-state index contributed by atoms with van der Waals surface area (Å²) in [5.41, 5.74) is -0.204. The normalized spacial score (nSPS) is 16.1. The van der Waals surface area contributed by atoms with Gasteiger partial charge in [-0.1, -0.05) is 36.1 Å². The lowest BCUT2D eigenvalue weighted by Crippen LogP contribution is -2.27. The molecule has 0 unspecified atom stereocenters. The second-order valence-corrected chi connectivity index (χ2v) is 7.75. The van der Waals surface area contributed by atoms with Crippen molar-refractivity contribution < 1.29 is 23.1 Å². The largest absolute Gasteiger partial charge is 0.507 e. The Hall–Kier alpha value is -2.98. The Labute approximate surface area is 179 Å². The van der Waals surface area contributed by atoms with Gasteiger partial charge in [0.15, 0.2) is 0 Å². The van der Waals surface area contributed by atoms with Crippen molar-refractivity contribution in [2.75, 3.05) is 6.54 Å². The molecule has 1 aliphatic heterocycles. The van der Waals surface area contributed by atoms with Crippen LogP contribution in [0.3, 0.4) is 0 Å². The predicted octanol–water partition coefficient (Wildman–Crippen LogP) is 6.21. The molecule has 1 aliphatic rings. The molecule has 0 aliphatic carbocycles. The Morgan fingerprint density at radius 2 is 1.87 bits per heavy atom. The SMILES string of the molecule is C=CCN1C(=O)/C(=C/c2cc(N=Nc3cccc(C(F)(F)F)c3)ccc2O)SC1=S. The molecule has 5 nitrogen and oxygen atoms in total. The van der Waals surface area contributed by atoms with Crippen LogP contribution >= 0.6 is 24.0 Å². The molecular weight excluding hydrogens is 435 g/mol. The van der Waals surface area contributed by atoms with E-state index in [2.05, 4.69) is 16.8 Å². The smallest absolute Gasteiger partial charge is 0.416 e. The maximum absolute atomic E-state index is 12.8. The van der Waals surface area contributed by atoms with Gasteiger partial charge in [0.1, 0.15) is 10.1 Å². The summed E-state index contributed by atoms with van der Waals surface area (Å²) < 4.78 is 38.8. The van der Waals surface area contributed by atoms with Crippen LogP contribution in [-0.2, 0) is 11.0 Å². The zero-order valence-electron chi connectivity index (χ0n) is 15.3. The Kier molecular flexibility index (Phi) is 6.37. The molecule has 0 spiro atoms. The number of benzene rings is 2. The molecular formula is C20H14F3N3O2S2. The molecule has 0 aromatic heterocycles. The highest BCUT2D eigenvalue weighted by atomic mass is 32.2. The van der Waals surface area contributed by atoms with E-state index in [4.69, 9.17) is 12.2 Å². The van der Waals surface area contributed by atoms with E-state index in [-0.39, 0.29) is 29.6 Å². The third-order valence-corrected chi connectivity index (χ3v) is 5.32. The van der Waals surface area contributed by atoms with E-state index in [0.717, 1.165) is 23.9 Å². The van der Waals surface area contributed by atoms with Crippen molar-refractivity contribution in [1.82, 2.24) is 4.90 Å². The van der Waals surface area contributed by atoms with Crippen molar-refractivity contribution in [2.24, 2.45) is 10.2 Å². The predicted molar refractivity (Wildman–Crippen MR) is 114 cm³/mol. The molecule has 154 valence electrons. The number of halogens is 3. The first-order chi connectivity index (χ1) is 14.2. The maximum Gasteiger partial charge on any atom is 0.416 e. The number of aromatic hydroxyl groups is 1. The third kappa shape index (κ3) is 4.95. The Morgan fingerprint density at radius 3 is 2.53 bits per heavy atom. The lowest BCUT2D eigenvalue weighted by atomic mass is 10.1. The van der Waals surface area contributed by atoms with Gasteiger partial charge in [-0.25, -0.2) is 0 Å². The molecule has 0 saturated carbocycles. The van der Waals surface area contributed by atoms with E-state index >= 15 is 0 Å².